The van der Waals surface area contributed by atoms with Crippen LogP contribution in [-0.2, 0) is 6.61 Å². The third kappa shape index (κ3) is 4.53. The minimum absolute atomic E-state index is 0.177. The number of aliphatic hydroxyl groups excluding tert-OH is 1. The molecule has 1 aromatic heterocycles. The van der Waals surface area contributed by atoms with E-state index in [4.69, 9.17) is 25.9 Å². The van der Waals surface area contributed by atoms with Gasteiger partial charge in [0.25, 0.3) is 5.91 Å². The van der Waals surface area contributed by atoms with Gasteiger partial charge in [0.2, 0.25) is 0 Å². The number of rotatable bonds is 6. The molecule has 3 rings (SSSR count). The van der Waals surface area contributed by atoms with Gasteiger partial charge in [0.1, 0.15) is 23.9 Å². The highest BCUT2D eigenvalue weighted by atomic mass is 79.9. The minimum Gasteiger partial charge on any atom is -0.493 e. The Bertz CT molecular complexity index is 970. The second kappa shape index (κ2) is 8.61. The molecule has 0 unspecified atom stereocenters. The Morgan fingerprint density at radius 3 is 2.67 bits per heavy atom. The van der Waals surface area contributed by atoms with E-state index in [1.807, 2.05) is 6.92 Å². The van der Waals surface area contributed by atoms with Gasteiger partial charge in [-0.1, -0.05) is 11.6 Å². The van der Waals surface area contributed by atoms with Crippen LogP contribution in [-0.4, -0.2) is 17.6 Å². The smallest absolute Gasteiger partial charge is 0.255 e. The van der Waals surface area contributed by atoms with E-state index in [0.29, 0.717) is 50.2 Å². The molecule has 0 aliphatic carbocycles. The first-order valence-corrected chi connectivity index (χ1v) is 9.42. The molecule has 2 aromatic carbocycles. The van der Waals surface area contributed by atoms with Crippen LogP contribution in [0.25, 0.3) is 11.3 Å². The molecule has 1 amide bonds. The van der Waals surface area contributed by atoms with Crippen molar-refractivity contribution in [1.29, 1.82) is 0 Å². The number of furan rings is 1. The number of nitrogens with one attached hydrogen (secondary N) is 1. The summed E-state index contributed by atoms with van der Waals surface area (Å²) in [5, 5.41) is 12.3. The number of amides is 1. The lowest BCUT2D eigenvalue weighted by Crippen LogP contribution is -2.12. The first-order chi connectivity index (χ1) is 13.0. The van der Waals surface area contributed by atoms with Crippen LogP contribution in [0.15, 0.2) is 57.4 Å². The maximum absolute atomic E-state index is 12.5. The molecule has 0 bridgehead atoms. The maximum atomic E-state index is 12.5. The van der Waals surface area contributed by atoms with Crippen molar-refractivity contribution in [3.8, 4) is 17.1 Å². The summed E-state index contributed by atoms with van der Waals surface area (Å²) in [5.74, 6) is 1.43. The lowest BCUT2D eigenvalue weighted by molar-refractivity contribution is 0.102. The van der Waals surface area contributed by atoms with Gasteiger partial charge in [0.15, 0.2) is 0 Å². The zero-order valence-corrected chi connectivity index (χ0v) is 16.8. The quantitative estimate of drug-likeness (QED) is 0.520. The normalized spacial score (nSPS) is 10.7. The molecule has 140 valence electrons. The van der Waals surface area contributed by atoms with E-state index in [9.17, 15) is 4.79 Å². The van der Waals surface area contributed by atoms with Gasteiger partial charge in [0, 0.05) is 16.8 Å². The molecule has 0 aliphatic rings. The summed E-state index contributed by atoms with van der Waals surface area (Å²) in [6.45, 7) is 2.27. The van der Waals surface area contributed by atoms with E-state index in [0.717, 1.165) is 0 Å². The number of hydrogen-bond acceptors (Lipinski definition) is 4. The molecule has 0 saturated carbocycles. The highest BCUT2D eigenvalue weighted by Crippen LogP contribution is 2.32. The fraction of sp³-hybridized carbons (Fsp3) is 0.150. The lowest BCUT2D eigenvalue weighted by atomic mass is 10.1. The van der Waals surface area contributed by atoms with E-state index in [1.165, 1.54) is 0 Å². The van der Waals surface area contributed by atoms with E-state index < -0.39 is 0 Å². The SMILES string of the molecule is CCOc1ccc(C(=O)Nc2ccc(-c3ccc(CO)o3)c(Cl)c2)cc1Br. The molecule has 27 heavy (non-hydrogen) atoms. The van der Waals surface area contributed by atoms with E-state index >= 15 is 0 Å². The van der Waals surface area contributed by atoms with Crippen LogP contribution in [0, 0.1) is 0 Å². The van der Waals surface area contributed by atoms with Crippen LogP contribution in [0.5, 0.6) is 5.75 Å². The summed E-state index contributed by atoms with van der Waals surface area (Å²) in [5.41, 5.74) is 1.73. The number of aliphatic hydroxyl groups is 1. The molecule has 7 heteroatoms. The van der Waals surface area contributed by atoms with E-state index in [1.54, 1.807) is 48.5 Å². The predicted octanol–water partition coefficient (Wildman–Crippen LogP) is 5.51. The molecule has 0 spiro atoms. The number of hydrogen-bond donors (Lipinski definition) is 2. The second-order valence-electron chi connectivity index (χ2n) is 5.65. The zero-order valence-electron chi connectivity index (χ0n) is 14.5. The Balaban J connectivity index is 1.76. The Morgan fingerprint density at radius 2 is 2.04 bits per heavy atom. The van der Waals surface area contributed by atoms with Crippen LogP contribution in [0.3, 0.4) is 0 Å². The van der Waals surface area contributed by atoms with Crippen molar-refractivity contribution in [1.82, 2.24) is 0 Å². The fourth-order valence-corrected chi connectivity index (χ4v) is 3.29. The highest BCUT2D eigenvalue weighted by molar-refractivity contribution is 9.10. The number of ether oxygens (including phenoxy) is 1. The van der Waals surface area contributed by atoms with Crippen LogP contribution in [0.2, 0.25) is 5.02 Å². The average Bonchev–Trinajstić information content (AvgIpc) is 3.12. The molecule has 0 atom stereocenters. The van der Waals surface area contributed by atoms with Gasteiger partial charge in [0.05, 0.1) is 16.1 Å². The van der Waals surface area contributed by atoms with Gasteiger partial charge in [-0.2, -0.15) is 0 Å². The Hall–Kier alpha value is -2.28. The molecular weight excluding hydrogens is 434 g/mol. The summed E-state index contributed by atoms with van der Waals surface area (Å²) in [6.07, 6.45) is 0. The predicted molar refractivity (Wildman–Crippen MR) is 108 cm³/mol. The Morgan fingerprint density at radius 1 is 1.22 bits per heavy atom. The summed E-state index contributed by atoms with van der Waals surface area (Å²) in [6, 6.07) is 13.7. The third-order valence-corrected chi connectivity index (χ3v) is 4.74. The molecular formula is C20H17BrClNO4. The third-order valence-electron chi connectivity index (χ3n) is 3.80. The average molecular weight is 451 g/mol. The van der Waals surface area contributed by atoms with Crippen LogP contribution in [0.1, 0.15) is 23.0 Å². The maximum Gasteiger partial charge on any atom is 0.255 e. The van der Waals surface area contributed by atoms with Crippen LogP contribution >= 0.6 is 27.5 Å². The molecule has 0 fully saturated rings. The minimum atomic E-state index is -0.261. The van der Waals surface area contributed by atoms with Gasteiger partial charge in [-0.15, -0.1) is 0 Å². The van der Waals surface area contributed by atoms with Crippen LogP contribution < -0.4 is 10.1 Å². The Kier molecular flexibility index (Phi) is 6.21. The van der Waals surface area contributed by atoms with Crippen molar-refractivity contribution in [3.05, 3.63) is 69.3 Å². The van der Waals surface area contributed by atoms with Crippen LogP contribution in [0.4, 0.5) is 5.69 Å². The van der Waals surface area contributed by atoms with Crippen molar-refractivity contribution in [2.45, 2.75) is 13.5 Å². The molecule has 0 saturated heterocycles. The molecule has 3 aromatic rings. The van der Waals surface area contributed by atoms with Crippen molar-refractivity contribution >= 4 is 39.1 Å². The van der Waals surface area contributed by atoms with Crippen molar-refractivity contribution in [2.75, 3.05) is 11.9 Å². The van der Waals surface area contributed by atoms with E-state index in [-0.39, 0.29) is 12.5 Å². The van der Waals surface area contributed by atoms with Crippen molar-refractivity contribution in [2.24, 2.45) is 0 Å². The zero-order chi connectivity index (χ0) is 19.4. The number of carbonyl (C=O) groups is 1. The van der Waals surface area contributed by atoms with Gasteiger partial charge in [-0.25, -0.2) is 0 Å². The molecule has 1 heterocycles. The highest BCUT2D eigenvalue weighted by Gasteiger charge is 2.13. The fourth-order valence-electron chi connectivity index (χ4n) is 2.52. The molecule has 0 aliphatic heterocycles. The summed E-state index contributed by atoms with van der Waals surface area (Å²) < 4.78 is 11.7. The lowest BCUT2D eigenvalue weighted by Gasteiger charge is -2.10. The van der Waals surface area contributed by atoms with Gasteiger partial charge in [-0.3, -0.25) is 4.79 Å². The molecule has 0 radical (unpaired) electrons. The summed E-state index contributed by atoms with van der Waals surface area (Å²) >= 11 is 9.73. The summed E-state index contributed by atoms with van der Waals surface area (Å²) in [4.78, 5) is 12.5. The summed E-state index contributed by atoms with van der Waals surface area (Å²) in [7, 11) is 0. The topological polar surface area (TPSA) is 71.7 Å². The van der Waals surface area contributed by atoms with Gasteiger partial charge in [-0.05, 0) is 71.4 Å². The number of benzene rings is 2. The Labute approximate surface area is 170 Å². The van der Waals surface area contributed by atoms with Crippen molar-refractivity contribution < 1.29 is 19.1 Å². The van der Waals surface area contributed by atoms with E-state index in [2.05, 4.69) is 21.2 Å². The molecule has 5 nitrogen and oxygen atoms in total. The number of halogens is 2. The van der Waals surface area contributed by atoms with Gasteiger partial charge >= 0.3 is 0 Å². The standard InChI is InChI=1S/C20H17BrClNO4/c1-2-26-19-7-3-12(9-16(19)21)20(25)23-13-4-6-15(17(22)10-13)18-8-5-14(11-24)27-18/h3-10,24H,2,11H2,1H3,(H,23,25). The van der Waals surface area contributed by atoms with Gasteiger partial charge < -0.3 is 19.6 Å². The first kappa shape index (κ1) is 19.5. The second-order valence-corrected chi connectivity index (χ2v) is 6.91. The number of anilines is 1. The monoisotopic (exact) mass is 449 g/mol. The number of carbonyl (C=O) groups excluding carboxylic acids is 1. The molecule has 2 N–H and O–H groups in total. The largest absolute Gasteiger partial charge is 0.493 e. The first-order valence-electron chi connectivity index (χ1n) is 8.25. The van der Waals surface area contributed by atoms with Crippen molar-refractivity contribution in [3.63, 3.8) is 0 Å².